The molecule has 0 radical (unpaired) electrons. The van der Waals surface area contributed by atoms with Crippen LogP contribution in [-0.4, -0.2) is 30.5 Å². The van der Waals surface area contributed by atoms with Crippen LogP contribution in [0.4, 0.5) is 4.39 Å². The van der Waals surface area contributed by atoms with Crippen LogP contribution in [0.15, 0.2) is 24.3 Å². The Kier molecular flexibility index (Phi) is 7.56. The molecule has 1 aromatic carbocycles. The maximum absolute atomic E-state index is 13.2. The Hall–Kier alpha value is -1.56. The first-order valence-corrected chi connectivity index (χ1v) is 9.45. The molecule has 6 heteroatoms. The summed E-state index contributed by atoms with van der Waals surface area (Å²) in [6.07, 6.45) is 4.87. The zero-order valence-corrected chi connectivity index (χ0v) is 14.7. The Labute approximate surface area is 146 Å². The zero-order chi connectivity index (χ0) is 17.4. The molecule has 0 bridgehead atoms. The Morgan fingerprint density at radius 2 is 1.96 bits per heavy atom. The van der Waals surface area contributed by atoms with E-state index in [9.17, 15) is 14.0 Å². The Morgan fingerprint density at radius 3 is 2.58 bits per heavy atom. The molecular formula is C18H24FNO3S. The first kappa shape index (κ1) is 18.8. The summed E-state index contributed by atoms with van der Waals surface area (Å²) in [5, 5.41) is 3.11. The van der Waals surface area contributed by atoms with E-state index in [1.807, 2.05) is 0 Å². The number of esters is 1. The molecule has 1 amide bonds. The number of carbonyl (C=O) groups excluding carboxylic acids is 2. The average molecular weight is 353 g/mol. The number of hydrogen-bond donors (Lipinski definition) is 1. The van der Waals surface area contributed by atoms with E-state index >= 15 is 0 Å². The van der Waals surface area contributed by atoms with E-state index < -0.39 is 0 Å². The largest absolute Gasteiger partial charge is 0.468 e. The molecule has 0 heterocycles. The lowest BCUT2D eigenvalue weighted by Crippen LogP contribution is -2.33. The molecule has 1 aromatic rings. The Bertz CT molecular complexity index is 544. The van der Waals surface area contributed by atoms with Gasteiger partial charge in [-0.15, -0.1) is 11.8 Å². The van der Waals surface area contributed by atoms with Crippen molar-refractivity contribution < 1.29 is 18.7 Å². The number of amides is 1. The fourth-order valence-electron chi connectivity index (χ4n) is 3.06. The lowest BCUT2D eigenvalue weighted by molar-refractivity contribution is -0.137. The number of methoxy groups -OCH3 is 1. The molecule has 0 spiro atoms. The van der Waals surface area contributed by atoms with E-state index in [2.05, 4.69) is 10.1 Å². The second kappa shape index (κ2) is 9.67. The molecule has 0 saturated heterocycles. The van der Waals surface area contributed by atoms with Gasteiger partial charge in [0.25, 0.3) is 0 Å². The van der Waals surface area contributed by atoms with Crippen molar-refractivity contribution in [3.8, 4) is 0 Å². The van der Waals surface area contributed by atoms with Crippen LogP contribution in [0, 0.1) is 11.7 Å². The maximum Gasteiger partial charge on any atom is 0.315 e. The number of benzene rings is 1. The van der Waals surface area contributed by atoms with E-state index in [0.29, 0.717) is 18.1 Å². The lowest BCUT2D eigenvalue weighted by atomic mass is 9.91. The first-order valence-electron chi connectivity index (χ1n) is 8.29. The van der Waals surface area contributed by atoms with Crippen LogP contribution in [0.5, 0.6) is 0 Å². The van der Waals surface area contributed by atoms with Gasteiger partial charge >= 0.3 is 5.97 Å². The molecule has 0 aliphatic heterocycles. The summed E-state index contributed by atoms with van der Waals surface area (Å²) in [6, 6.07) is 6.33. The molecular weight excluding hydrogens is 329 g/mol. The Balaban J connectivity index is 1.89. The van der Waals surface area contributed by atoms with E-state index in [0.717, 1.165) is 18.4 Å². The van der Waals surface area contributed by atoms with Gasteiger partial charge in [0.15, 0.2) is 0 Å². The summed E-state index contributed by atoms with van der Waals surface area (Å²) in [5.41, 5.74) is 0.957. The first-order chi connectivity index (χ1) is 11.6. The van der Waals surface area contributed by atoms with Gasteiger partial charge in [-0.3, -0.25) is 9.59 Å². The highest BCUT2D eigenvalue weighted by atomic mass is 32.2. The lowest BCUT2D eigenvalue weighted by Gasteiger charge is -2.25. The molecule has 1 aliphatic rings. The Morgan fingerprint density at radius 1 is 1.29 bits per heavy atom. The number of thioether (sulfide) groups is 1. The topological polar surface area (TPSA) is 55.4 Å². The highest BCUT2D eigenvalue weighted by Gasteiger charge is 2.27. The smallest absolute Gasteiger partial charge is 0.315 e. The molecule has 0 aromatic heterocycles. The second-order valence-electron chi connectivity index (χ2n) is 6.02. The molecule has 1 unspecified atom stereocenters. The van der Waals surface area contributed by atoms with Crippen LogP contribution < -0.4 is 5.32 Å². The highest BCUT2D eigenvalue weighted by molar-refractivity contribution is 7.99. The van der Waals surface area contributed by atoms with Gasteiger partial charge in [-0.25, -0.2) is 4.39 Å². The summed E-state index contributed by atoms with van der Waals surface area (Å²) in [4.78, 5) is 23.3. The van der Waals surface area contributed by atoms with Crippen molar-refractivity contribution in [1.29, 1.82) is 0 Å². The molecule has 132 valence electrons. The third kappa shape index (κ3) is 5.82. The van der Waals surface area contributed by atoms with E-state index in [-0.39, 0.29) is 29.5 Å². The normalized spacial score (nSPS) is 15.9. The predicted octanol–water partition coefficient (Wildman–Crippen LogP) is 3.47. The van der Waals surface area contributed by atoms with Crippen LogP contribution in [-0.2, 0) is 14.3 Å². The minimum Gasteiger partial charge on any atom is -0.468 e. The second-order valence-corrected chi connectivity index (χ2v) is 7.13. The van der Waals surface area contributed by atoms with Crippen molar-refractivity contribution >= 4 is 23.6 Å². The number of carbonyl (C=O) groups is 2. The monoisotopic (exact) mass is 353 g/mol. The van der Waals surface area contributed by atoms with E-state index in [1.54, 1.807) is 12.1 Å². The van der Waals surface area contributed by atoms with Gasteiger partial charge in [0.1, 0.15) is 5.82 Å². The van der Waals surface area contributed by atoms with Crippen molar-refractivity contribution in [1.82, 2.24) is 5.32 Å². The number of hydrogen-bond acceptors (Lipinski definition) is 4. The minimum atomic E-state index is -0.282. The van der Waals surface area contributed by atoms with Gasteiger partial charge in [0.2, 0.25) is 5.91 Å². The minimum absolute atomic E-state index is 0.0337. The zero-order valence-electron chi connectivity index (χ0n) is 13.9. The molecule has 24 heavy (non-hydrogen) atoms. The average Bonchev–Trinajstić information content (AvgIpc) is 3.11. The van der Waals surface area contributed by atoms with Gasteiger partial charge < -0.3 is 10.1 Å². The van der Waals surface area contributed by atoms with Crippen molar-refractivity contribution in [3.63, 3.8) is 0 Å². The molecule has 1 aliphatic carbocycles. The van der Waals surface area contributed by atoms with E-state index in [1.165, 1.54) is 43.8 Å². The molecule has 1 N–H and O–H groups in total. The summed E-state index contributed by atoms with van der Waals surface area (Å²) >= 11 is 1.39. The molecule has 2 rings (SSSR count). The van der Waals surface area contributed by atoms with Crippen LogP contribution >= 0.6 is 11.8 Å². The van der Waals surface area contributed by atoms with E-state index in [4.69, 9.17) is 0 Å². The fourth-order valence-corrected chi connectivity index (χ4v) is 3.82. The van der Waals surface area contributed by atoms with Crippen molar-refractivity contribution in [2.45, 2.75) is 38.1 Å². The number of rotatable bonds is 8. The molecule has 1 fully saturated rings. The maximum atomic E-state index is 13.2. The molecule has 4 nitrogen and oxygen atoms in total. The third-order valence-corrected chi connectivity index (χ3v) is 5.27. The van der Waals surface area contributed by atoms with Crippen LogP contribution in [0.25, 0.3) is 0 Å². The summed E-state index contributed by atoms with van der Waals surface area (Å²) in [6.45, 7) is 0. The van der Waals surface area contributed by atoms with Crippen molar-refractivity contribution in [3.05, 3.63) is 35.6 Å². The summed E-state index contributed by atoms with van der Waals surface area (Å²) < 4.78 is 17.7. The van der Waals surface area contributed by atoms with Crippen molar-refractivity contribution in [2.75, 3.05) is 18.6 Å². The number of nitrogens with one attached hydrogen (secondary N) is 1. The number of ether oxygens (including phenoxy) is 1. The van der Waals surface area contributed by atoms with Gasteiger partial charge in [0, 0.05) is 12.2 Å². The number of halogens is 1. The summed E-state index contributed by atoms with van der Waals surface area (Å²) in [7, 11) is 1.35. The SMILES string of the molecule is COC(=O)CSCCC(=O)NC(c1ccc(F)cc1)C1CCCC1. The third-order valence-electron chi connectivity index (χ3n) is 4.34. The van der Waals surface area contributed by atoms with Crippen LogP contribution in [0.1, 0.15) is 43.7 Å². The quantitative estimate of drug-likeness (QED) is 0.574. The van der Waals surface area contributed by atoms with Crippen molar-refractivity contribution in [2.24, 2.45) is 5.92 Å². The predicted molar refractivity (Wildman–Crippen MR) is 93.2 cm³/mol. The summed E-state index contributed by atoms with van der Waals surface area (Å²) in [5.74, 6) is 0.649. The molecule has 1 atom stereocenters. The van der Waals surface area contributed by atoms with Crippen LogP contribution in [0.3, 0.4) is 0 Å². The standard InChI is InChI=1S/C18H24FNO3S/c1-23-17(22)12-24-11-10-16(21)20-18(13-4-2-3-5-13)14-6-8-15(19)9-7-14/h6-9,13,18H,2-5,10-12H2,1H3,(H,20,21). The van der Waals surface area contributed by atoms with Gasteiger partial charge in [-0.2, -0.15) is 0 Å². The van der Waals surface area contributed by atoms with Gasteiger partial charge in [0.05, 0.1) is 18.9 Å². The van der Waals surface area contributed by atoms with Gasteiger partial charge in [-0.1, -0.05) is 25.0 Å². The fraction of sp³-hybridized carbons (Fsp3) is 0.556. The molecule has 1 saturated carbocycles. The highest BCUT2D eigenvalue weighted by Crippen LogP contribution is 2.35. The van der Waals surface area contributed by atoms with Crippen LogP contribution in [0.2, 0.25) is 0 Å². The van der Waals surface area contributed by atoms with Gasteiger partial charge in [-0.05, 0) is 36.5 Å².